The summed E-state index contributed by atoms with van der Waals surface area (Å²) >= 11 is 0. The van der Waals surface area contributed by atoms with Crippen molar-refractivity contribution in [3.05, 3.63) is 23.3 Å². The van der Waals surface area contributed by atoms with Crippen LogP contribution in [-0.2, 0) is 11.0 Å². The fourth-order valence-electron chi connectivity index (χ4n) is 1.51. The summed E-state index contributed by atoms with van der Waals surface area (Å²) in [5, 5.41) is 9.21. The zero-order valence-corrected chi connectivity index (χ0v) is 14.2. The van der Waals surface area contributed by atoms with Crippen LogP contribution < -0.4 is 10.5 Å². The van der Waals surface area contributed by atoms with Crippen molar-refractivity contribution < 1.29 is 9.16 Å². The molecule has 0 atom stereocenters. The highest BCUT2D eigenvalue weighted by Gasteiger charge is 2.37. The van der Waals surface area contributed by atoms with Crippen LogP contribution in [0.5, 0.6) is 5.75 Å². The number of nitriles is 1. The second-order valence-electron chi connectivity index (χ2n) is 6.41. The van der Waals surface area contributed by atoms with Gasteiger partial charge in [0.05, 0.1) is 25.0 Å². The Bertz CT molecular complexity index is 528. The van der Waals surface area contributed by atoms with Crippen LogP contribution in [0.3, 0.4) is 0 Å². The predicted octanol–water partition coefficient (Wildman–Crippen LogP) is 3.67. The molecule has 1 aromatic rings. The van der Waals surface area contributed by atoms with E-state index in [0.29, 0.717) is 23.6 Å². The van der Waals surface area contributed by atoms with Gasteiger partial charge in [0.15, 0.2) is 8.32 Å². The van der Waals surface area contributed by atoms with Crippen LogP contribution in [0.15, 0.2) is 12.1 Å². The van der Waals surface area contributed by atoms with Crippen LogP contribution in [0.4, 0.5) is 5.69 Å². The van der Waals surface area contributed by atoms with E-state index in [0.717, 1.165) is 5.56 Å². The second-order valence-corrected chi connectivity index (χ2v) is 11.2. The van der Waals surface area contributed by atoms with Crippen molar-refractivity contribution in [3.8, 4) is 11.8 Å². The maximum atomic E-state index is 9.06. The third-order valence-electron chi connectivity index (χ3n) is 3.97. The summed E-state index contributed by atoms with van der Waals surface area (Å²) in [7, 11) is -0.240. The Morgan fingerprint density at radius 3 is 2.35 bits per heavy atom. The predicted molar refractivity (Wildman–Crippen MR) is 84.1 cm³/mol. The zero-order valence-electron chi connectivity index (χ0n) is 13.2. The van der Waals surface area contributed by atoms with Crippen LogP contribution in [0, 0.1) is 11.3 Å². The van der Waals surface area contributed by atoms with Crippen LogP contribution in [0.25, 0.3) is 0 Å². The highest BCUT2D eigenvalue weighted by Crippen LogP contribution is 2.37. The molecule has 0 heterocycles. The van der Waals surface area contributed by atoms with Gasteiger partial charge < -0.3 is 14.9 Å². The Labute approximate surface area is 122 Å². The number of nitrogens with two attached hydrogens (primary N) is 1. The summed E-state index contributed by atoms with van der Waals surface area (Å²) in [6.45, 7) is 11.4. The van der Waals surface area contributed by atoms with E-state index in [9.17, 15) is 0 Å². The molecular weight excluding hydrogens is 268 g/mol. The van der Waals surface area contributed by atoms with Gasteiger partial charge in [0.2, 0.25) is 0 Å². The summed E-state index contributed by atoms with van der Waals surface area (Å²) in [5.41, 5.74) is 7.55. The van der Waals surface area contributed by atoms with E-state index in [1.54, 1.807) is 19.2 Å². The largest absolute Gasteiger partial charge is 0.496 e. The van der Waals surface area contributed by atoms with Crippen molar-refractivity contribution in [2.24, 2.45) is 0 Å². The smallest absolute Gasteiger partial charge is 0.192 e. The molecule has 0 aromatic heterocycles. The van der Waals surface area contributed by atoms with Gasteiger partial charge in [-0.05, 0) is 24.2 Å². The molecule has 2 N–H and O–H groups in total. The van der Waals surface area contributed by atoms with Gasteiger partial charge in [-0.2, -0.15) is 5.26 Å². The molecule has 0 aliphatic rings. The first kappa shape index (κ1) is 16.5. The topological polar surface area (TPSA) is 68.3 Å². The number of hydrogen-bond donors (Lipinski definition) is 1. The Kier molecular flexibility index (Phi) is 4.84. The number of benzene rings is 1. The van der Waals surface area contributed by atoms with Gasteiger partial charge in [0.1, 0.15) is 11.8 Å². The lowest BCUT2D eigenvalue weighted by atomic mass is 10.1. The Morgan fingerprint density at radius 1 is 1.30 bits per heavy atom. The third kappa shape index (κ3) is 3.53. The highest BCUT2D eigenvalue weighted by molar-refractivity contribution is 6.74. The van der Waals surface area contributed by atoms with Crippen molar-refractivity contribution in [1.29, 1.82) is 5.26 Å². The lowest BCUT2D eigenvalue weighted by molar-refractivity contribution is 0.269. The molecule has 110 valence electrons. The van der Waals surface area contributed by atoms with Crippen LogP contribution in [-0.4, -0.2) is 15.4 Å². The number of ether oxygens (including phenoxy) is 1. The molecular formula is C15H24N2O2Si. The van der Waals surface area contributed by atoms with Gasteiger partial charge in [-0.1, -0.05) is 20.8 Å². The first-order chi connectivity index (χ1) is 9.12. The van der Waals surface area contributed by atoms with Gasteiger partial charge in [-0.25, -0.2) is 0 Å². The summed E-state index contributed by atoms with van der Waals surface area (Å²) in [4.78, 5) is 0. The molecule has 20 heavy (non-hydrogen) atoms. The zero-order chi connectivity index (χ0) is 15.6. The minimum Gasteiger partial charge on any atom is -0.496 e. The van der Waals surface area contributed by atoms with E-state index >= 15 is 0 Å². The first-order valence-corrected chi connectivity index (χ1v) is 9.53. The average molecular weight is 292 g/mol. The molecule has 5 heteroatoms. The molecule has 0 unspecified atom stereocenters. The number of rotatable bonds is 4. The molecule has 0 radical (unpaired) electrons. The second kappa shape index (κ2) is 5.86. The first-order valence-electron chi connectivity index (χ1n) is 6.63. The number of hydrogen-bond acceptors (Lipinski definition) is 4. The fourth-order valence-corrected chi connectivity index (χ4v) is 2.46. The molecule has 4 nitrogen and oxygen atoms in total. The monoisotopic (exact) mass is 292 g/mol. The van der Waals surface area contributed by atoms with Crippen molar-refractivity contribution in [2.45, 2.75) is 45.5 Å². The Morgan fingerprint density at radius 2 is 1.90 bits per heavy atom. The van der Waals surface area contributed by atoms with Gasteiger partial charge in [0, 0.05) is 11.6 Å². The Balaban J connectivity index is 3.02. The van der Waals surface area contributed by atoms with Crippen LogP contribution >= 0.6 is 0 Å². The van der Waals surface area contributed by atoms with E-state index in [-0.39, 0.29) is 5.04 Å². The maximum Gasteiger partial charge on any atom is 0.192 e. The number of nitrogens with zero attached hydrogens (tertiary/aromatic N) is 1. The normalized spacial score (nSPS) is 12.1. The molecule has 0 saturated carbocycles. The maximum absolute atomic E-state index is 9.06. The minimum atomic E-state index is -1.83. The van der Waals surface area contributed by atoms with Gasteiger partial charge in [0.25, 0.3) is 0 Å². The van der Waals surface area contributed by atoms with Crippen molar-refractivity contribution in [3.63, 3.8) is 0 Å². The van der Waals surface area contributed by atoms with E-state index < -0.39 is 8.32 Å². The van der Waals surface area contributed by atoms with E-state index in [4.69, 9.17) is 20.2 Å². The fraction of sp³-hybridized carbons (Fsp3) is 0.533. The third-order valence-corrected chi connectivity index (χ3v) is 8.45. The van der Waals surface area contributed by atoms with Crippen molar-refractivity contribution in [2.75, 3.05) is 12.8 Å². The van der Waals surface area contributed by atoms with Gasteiger partial charge in [-0.15, -0.1) is 0 Å². The molecule has 0 saturated heterocycles. The molecule has 1 aromatic carbocycles. The summed E-state index contributed by atoms with van der Waals surface area (Å²) < 4.78 is 11.5. The van der Waals surface area contributed by atoms with E-state index in [1.165, 1.54) is 0 Å². The number of anilines is 1. The van der Waals surface area contributed by atoms with Crippen molar-refractivity contribution >= 4 is 14.0 Å². The summed E-state index contributed by atoms with van der Waals surface area (Å²) in [6, 6.07) is 5.52. The molecule has 0 amide bonds. The summed E-state index contributed by atoms with van der Waals surface area (Å²) in [5.74, 6) is 0.667. The number of methoxy groups -OCH3 is 1. The van der Waals surface area contributed by atoms with Crippen LogP contribution in [0.2, 0.25) is 18.1 Å². The van der Waals surface area contributed by atoms with Crippen molar-refractivity contribution in [1.82, 2.24) is 0 Å². The lowest BCUT2D eigenvalue weighted by Crippen LogP contribution is -2.40. The van der Waals surface area contributed by atoms with Gasteiger partial charge in [-0.3, -0.25) is 0 Å². The van der Waals surface area contributed by atoms with E-state index in [1.807, 2.05) is 0 Å². The number of nitrogen functional groups attached to an aromatic ring is 1. The van der Waals surface area contributed by atoms with Gasteiger partial charge >= 0.3 is 0 Å². The summed E-state index contributed by atoms with van der Waals surface area (Å²) in [6.07, 6.45) is 0. The van der Waals surface area contributed by atoms with Crippen LogP contribution in [0.1, 0.15) is 31.9 Å². The standard InChI is InChI=1S/C15H24N2O2Si/c1-15(2,3)20(5,6)19-10-12-7-11(9-16)13(17)8-14(12)18-4/h7-8H,10,17H2,1-6H3. The molecule has 0 aliphatic heterocycles. The minimum absolute atomic E-state index is 0.145. The molecule has 0 aliphatic carbocycles. The average Bonchev–Trinajstić information content (AvgIpc) is 2.35. The van der Waals surface area contributed by atoms with E-state index in [2.05, 4.69) is 39.9 Å². The molecule has 0 bridgehead atoms. The molecule has 0 spiro atoms. The Hall–Kier alpha value is -1.51. The SMILES string of the molecule is COc1cc(N)c(C#N)cc1CO[Si](C)(C)C(C)(C)C. The lowest BCUT2D eigenvalue weighted by Gasteiger charge is -2.36. The molecule has 1 rings (SSSR count). The molecule has 0 fully saturated rings. The quantitative estimate of drug-likeness (QED) is 0.679. The highest BCUT2D eigenvalue weighted by atomic mass is 28.4.